The maximum Gasteiger partial charge on any atom is 0.0480 e. The molecule has 1 nitrogen and oxygen atoms in total. The lowest BCUT2D eigenvalue weighted by Gasteiger charge is -2.33. The Bertz CT molecular complexity index is 472. The van der Waals surface area contributed by atoms with Gasteiger partial charge in [0.25, 0.3) is 0 Å². The van der Waals surface area contributed by atoms with E-state index < -0.39 is 0 Å². The zero-order valence-corrected chi connectivity index (χ0v) is 12.5. The zero-order chi connectivity index (χ0) is 12.8. The summed E-state index contributed by atoms with van der Waals surface area (Å²) in [6.45, 7) is 0. The molecular formula is C17H23NS. The summed E-state index contributed by atoms with van der Waals surface area (Å²) in [4.78, 5) is 1.40. The highest BCUT2D eigenvalue weighted by atomic mass is 32.2. The maximum absolute atomic E-state index is 3.88. The Morgan fingerprint density at radius 3 is 2.79 bits per heavy atom. The summed E-state index contributed by atoms with van der Waals surface area (Å²) < 4.78 is 0. The molecule has 5 atom stereocenters. The van der Waals surface area contributed by atoms with E-state index in [2.05, 4.69) is 35.8 Å². The van der Waals surface area contributed by atoms with Crippen molar-refractivity contribution < 1.29 is 0 Å². The lowest BCUT2D eigenvalue weighted by molar-refractivity contribution is 0.243. The van der Waals surface area contributed by atoms with Gasteiger partial charge in [-0.05, 0) is 67.7 Å². The first kappa shape index (κ1) is 12.1. The van der Waals surface area contributed by atoms with Crippen LogP contribution in [0.2, 0.25) is 0 Å². The minimum absolute atomic E-state index is 0.748. The average Bonchev–Trinajstić information content (AvgIpc) is 3.11. The van der Waals surface area contributed by atoms with Gasteiger partial charge in [-0.2, -0.15) is 0 Å². The van der Waals surface area contributed by atoms with Crippen molar-refractivity contribution in [2.45, 2.75) is 43.0 Å². The van der Waals surface area contributed by atoms with Crippen molar-refractivity contribution in [1.82, 2.24) is 0 Å². The van der Waals surface area contributed by atoms with Crippen molar-refractivity contribution in [3.63, 3.8) is 0 Å². The molecule has 1 aromatic rings. The van der Waals surface area contributed by atoms with Crippen LogP contribution in [0.3, 0.4) is 0 Å². The smallest absolute Gasteiger partial charge is 0.0480 e. The molecule has 19 heavy (non-hydrogen) atoms. The van der Waals surface area contributed by atoms with Gasteiger partial charge in [0.2, 0.25) is 0 Å². The first-order valence-electron chi connectivity index (χ1n) is 7.76. The van der Waals surface area contributed by atoms with E-state index in [9.17, 15) is 0 Å². The fourth-order valence-electron chi connectivity index (χ4n) is 5.20. The second-order valence-electron chi connectivity index (χ2n) is 6.61. The second kappa shape index (κ2) is 4.73. The van der Waals surface area contributed by atoms with Crippen LogP contribution in [0, 0.1) is 23.7 Å². The summed E-state index contributed by atoms with van der Waals surface area (Å²) in [5.74, 6) is 4.15. The molecule has 3 aliphatic carbocycles. The van der Waals surface area contributed by atoms with E-state index in [0.717, 1.165) is 29.7 Å². The highest BCUT2D eigenvalue weighted by Gasteiger charge is 2.53. The molecule has 3 saturated carbocycles. The van der Waals surface area contributed by atoms with Gasteiger partial charge < -0.3 is 5.32 Å². The summed E-state index contributed by atoms with van der Waals surface area (Å²) in [7, 11) is 0. The van der Waals surface area contributed by atoms with E-state index in [0.29, 0.717) is 0 Å². The molecule has 2 heteroatoms. The number of hydrogen-bond donors (Lipinski definition) is 1. The van der Waals surface area contributed by atoms with Crippen LogP contribution in [0.1, 0.15) is 32.1 Å². The minimum Gasteiger partial charge on any atom is -0.381 e. The van der Waals surface area contributed by atoms with Crippen molar-refractivity contribution in [3.8, 4) is 0 Å². The van der Waals surface area contributed by atoms with Crippen LogP contribution in [0.4, 0.5) is 5.69 Å². The van der Waals surface area contributed by atoms with Crippen molar-refractivity contribution >= 4 is 17.4 Å². The predicted octanol–water partition coefficient (Wildman–Crippen LogP) is 4.65. The van der Waals surface area contributed by atoms with Gasteiger partial charge in [0.1, 0.15) is 0 Å². The third-order valence-corrected chi connectivity index (χ3v) is 6.67. The number of para-hydroxylation sites is 1. The van der Waals surface area contributed by atoms with Gasteiger partial charge >= 0.3 is 0 Å². The van der Waals surface area contributed by atoms with E-state index >= 15 is 0 Å². The predicted molar refractivity (Wildman–Crippen MR) is 82.7 cm³/mol. The van der Waals surface area contributed by atoms with E-state index in [-0.39, 0.29) is 0 Å². The van der Waals surface area contributed by atoms with Crippen LogP contribution in [0.15, 0.2) is 29.2 Å². The number of benzene rings is 1. The quantitative estimate of drug-likeness (QED) is 0.805. The van der Waals surface area contributed by atoms with Crippen LogP contribution >= 0.6 is 11.8 Å². The number of rotatable bonds is 3. The average molecular weight is 273 g/mol. The Morgan fingerprint density at radius 2 is 1.89 bits per heavy atom. The van der Waals surface area contributed by atoms with Crippen molar-refractivity contribution in [2.75, 3.05) is 11.6 Å². The standard InChI is InChI=1S/C17H23NS/c1-19-17-8-3-2-7-15(17)18-16-10-11-9-14(16)13-6-4-5-12(11)13/h2-3,7-8,11-14,16,18H,4-6,9-10H2,1H3. The largest absolute Gasteiger partial charge is 0.381 e. The fourth-order valence-corrected chi connectivity index (χ4v) is 5.76. The fraction of sp³-hybridized carbons (Fsp3) is 0.647. The molecule has 0 heterocycles. The third kappa shape index (κ3) is 1.91. The summed E-state index contributed by atoms with van der Waals surface area (Å²) in [6.07, 6.45) is 9.64. The van der Waals surface area contributed by atoms with Gasteiger partial charge in [-0.15, -0.1) is 11.8 Å². The van der Waals surface area contributed by atoms with Crippen LogP contribution in [0.25, 0.3) is 0 Å². The van der Waals surface area contributed by atoms with E-state index in [4.69, 9.17) is 0 Å². The lowest BCUT2D eigenvalue weighted by Crippen LogP contribution is -2.34. The molecule has 0 radical (unpaired) electrons. The van der Waals surface area contributed by atoms with Crippen LogP contribution in [-0.4, -0.2) is 12.3 Å². The van der Waals surface area contributed by atoms with Gasteiger partial charge in [-0.25, -0.2) is 0 Å². The summed E-state index contributed by atoms with van der Waals surface area (Å²) >= 11 is 1.86. The molecule has 0 saturated heterocycles. The molecule has 0 spiro atoms. The van der Waals surface area contributed by atoms with E-state index in [1.54, 1.807) is 0 Å². The molecule has 0 aliphatic heterocycles. The summed E-state index contributed by atoms with van der Waals surface area (Å²) in [6, 6.07) is 9.54. The van der Waals surface area contributed by atoms with Crippen molar-refractivity contribution in [3.05, 3.63) is 24.3 Å². The maximum atomic E-state index is 3.88. The van der Waals surface area contributed by atoms with Gasteiger partial charge in [-0.3, -0.25) is 0 Å². The molecule has 1 aromatic carbocycles. The molecule has 1 N–H and O–H groups in total. The molecule has 5 unspecified atom stereocenters. The Balaban J connectivity index is 1.53. The third-order valence-electron chi connectivity index (χ3n) is 5.88. The molecule has 3 fully saturated rings. The van der Waals surface area contributed by atoms with E-state index in [1.807, 2.05) is 11.8 Å². The Labute approximate surface area is 120 Å². The van der Waals surface area contributed by atoms with Gasteiger partial charge in [0, 0.05) is 16.6 Å². The molecule has 0 aromatic heterocycles. The normalized spacial score (nSPS) is 39.5. The van der Waals surface area contributed by atoms with Crippen molar-refractivity contribution in [2.24, 2.45) is 23.7 Å². The zero-order valence-electron chi connectivity index (χ0n) is 11.6. The molecule has 3 aliphatic rings. The number of nitrogens with one attached hydrogen (secondary N) is 1. The van der Waals surface area contributed by atoms with Gasteiger partial charge in [-0.1, -0.05) is 18.6 Å². The summed E-state index contributed by atoms with van der Waals surface area (Å²) in [5, 5.41) is 3.88. The highest BCUT2D eigenvalue weighted by molar-refractivity contribution is 7.98. The molecule has 4 rings (SSSR count). The second-order valence-corrected chi connectivity index (χ2v) is 7.45. The Kier molecular flexibility index (Phi) is 3.02. The first-order chi connectivity index (χ1) is 9.36. The number of thioether (sulfide) groups is 1. The van der Waals surface area contributed by atoms with Gasteiger partial charge in [0.15, 0.2) is 0 Å². The van der Waals surface area contributed by atoms with Crippen molar-refractivity contribution in [1.29, 1.82) is 0 Å². The Morgan fingerprint density at radius 1 is 1.05 bits per heavy atom. The monoisotopic (exact) mass is 273 g/mol. The lowest BCUT2D eigenvalue weighted by atomic mass is 9.79. The highest BCUT2D eigenvalue weighted by Crippen LogP contribution is 2.59. The van der Waals surface area contributed by atoms with Crippen LogP contribution in [0.5, 0.6) is 0 Å². The molecule has 0 amide bonds. The summed E-state index contributed by atoms with van der Waals surface area (Å²) in [5.41, 5.74) is 1.36. The number of hydrogen-bond acceptors (Lipinski definition) is 2. The SMILES string of the molecule is CSc1ccccc1NC1CC2CC1C1CCCC21. The number of anilines is 1. The first-order valence-corrected chi connectivity index (χ1v) is 8.99. The van der Waals surface area contributed by atoms with E-state index in [1.165, 1.54) is 42.7 Å². The topological polar surface area (TPSA) is 12.0 Å². The minimum atomic E-state index is 0.748. The Hall–Kier alpha value is -0.630. The van der Waals surface area contributed by atoms with Crippen LogP contribution in [-0.2, 0) is 0 Å². The van der Waals surface area contributed by atoms with Crippen LogP contribution < -0.4 is 5.32 Å². The molecule has 2 bridgehead atoms. The van der Waals surface area contributed by atoms with Gasteiger partial charge in [0.05, 0.1) is 0 Å². The number of fused-ring (bicyclic) bond motifs is 5. The molecular weight excluding hydrogens is 250 g/mol. The molecule has 102 valence electrons.